The average molecular weight is 435 g/mol. The van der Waals surface area contributed by atoms with Gasteiger partial charge in [-0.05, 0) is 67.6 Å². The fourth-order valence-electron chi connectivity index (χ4n) is 3.67. The Labute approximate surface area is 184 Å². The second kappa shape index (κ2) is 8.89. The van der Waals surface area contributed by atoms with E-state index in [1.807, 2.05) is 12.1 Å². The summed E-state index contributed by atoms with van der Waals surface area (Å²) in [6, 6.07) is 13.1. The Balaban J connectivity index is 1.91. The predicted molar refractivity (Wildman–Crippen MR) is 119 cm³/mol. The Bertz CT molecular complexity index is 1240. The molecule has 32 heavy (non-hydrogen) atoms. The summed E-state index contributed by atoms with van der Waals surface area (Å²) in [4.78, 5) is 19.1. The summed E-state index contributed by atoms with van der Waals surface area (Å²) in [5, 5.41) is 9.04. The van der Waals surface area contributed by atoms with E-state index in [0.29, 0.717) is 31.1 Å². The molecule has 1 aliphatic rings. The van der Waals surface area contributed by atoms with Gasteiger partial charge in [0.2, 0.25) is 5.82 Å². The van der Waals surface area contributed by atoms with E-state index in [4.69, 9.17) is 11.0 Å². The van der Waals surface area contributed by atoms with Crippen LogP contribution < -0.4 is 16.2 Å². The molecule has 1 aromatic heterocycles. The van der Waals surface area contributed by atoms with E-state index < -0.39 is 17.2 Å². The van der Waals surface area contributed by atoms with Crippen LogP contribution >= 0.6 is 0 Å². The van der Waals surface area contributed by atoms with Crippen LogP contribution in [-0.4, -0.2) is 29.7 Å². The molecule has 0 unspecified atom stereocenters. The van der Waals surface area contributed by atoms with Crippen LogP contribution in [0.4, 0.5) is 14.6 Å². The van der Waals surface area contributed by atoms with E-state index in [0.717, 1.165) is 23.5 Å². The van der Waals surface area contributed by atoms with Crippen LogP contribution in [0.3, 0.4) is 0 Å². The maximum absolute atomic E-state index is 15.2. The maximum atomic E-state index is 15.2. The molecule has 0 radical (unpaired) electrons. The number of rotatable bonds is 7. The summed E-state index contributed by atoms with van der Waals surface area (Å²) in [5.41, 5.74) is 6.40. The minimum absolute atomic E-state index is 0.0913. The number of nitrogens with zero attached hydrogens (tertiary/aromatic N) is 4. The molecular weight excluding hydrogens is 412 g/mol. The second-order valence-electron chi connectivity index (χ2n) is 7.95. The van der Waals surface area contributed by atoms with Gasteiger partial charge in [-0.1, -0.05) is 12.1 Å². The number of halogens is 2. The van der Waals surface area contributed by atoms with Crippen molar-refractivity contribution in [2.45, 2.75) is 25.2 Å². The summed E-state index contributed by atoms with van der Waals surface area (Å²) in [6.45, 7) is 0.811. The molecule has 1 heterocycles. The van der Waals surface area contributed by atoms with Crippen molar-refractivity contribution in [3.8, 4) is 23.1 Å². The number of hydrogen-bond acceptors (Lipinski definition) is 5. The number of benzene rings is 2. The summed E-state index contributed by atoms with van der Waals surface area (Å²) in [5.74, 6) is -1.24. The molecule has 1 saturated carbocycles. The number of aromatic nitrogens is 2. The van der Waals surface area contributed by atoms with Gasteiger partial charge in [0, 0.05) is 19.2 Å². The van der Waals surface area contributed by atoms with Gasteiger partial charge < -0.3 is 10.6 Å². The first-order chi connectivity index (χ1) is 15.4. The van der Waals surface area contributed by atoms with Crippen molar-refractivity contribution < 1.29 is 8.78 Å². The van der Waals surface area contributed by atoms with Gasteiger partial charge in [-0.25, -0.2) is 9.37 Å². The van der Waals surface area contributed by atoms with Crippen molar-refractivity contribution in [2.75, 3.05) is 25.0 Å². The monoisotopic (exact) mass is 435 g/mol. The SMILES string of the molecule is CN(CCCN)c1nc(-c2ccc(C#N)c(F)c2)n(-c2ccc(C3CC3)cc2)c(=O)c1F. The molecule has 4 rings (SSSR count). The van der Waals surface area contributed by atoms with Crippen molar-refractivity contribution in [1.82, 2.24) is 9.55 Å². The Morgan fingerprint density at radius 2 is 1.94 bits per heavy atom. The van der Waals surface area contributed by atoms with Crippen LogP contribution in [0, 0.1) is 23.0 Å². The molecule has 0 atom stereocenters. The fourth-order valence-corrected chi connectivity index (χ4v) is 3.67. The summed E-state index contributed by atoms with van der Waals surface area (Å²) >= 11 is 0. The van der Waals surface area contributed by atoms with Gasteiger partial charge in [-0.2, -0.15) is 9.65 Å². The van der Waals surface area contributed by atoms with Crippen molar-refractivity contribution in [3.63, 3.8) is 0 Å². The first-order valence-corrected chi connectivity index (χ1v) is 10.5. The lowest BCUT2D eigenvalue weighted by molar-refractivity contribution is 0.584. The lowest BCUT2D eigenvalue weighted by atomic mass is 10.1. The molecule has 0 aliphatic heterocycles. The first-order valence-electron chi connectivity index (χ1n) is 10.5. The highest BCUT2D eigenvalue weighted by molar-refractivity contribution is 5.62. The third-order valence-electron chi connectivity index (χ3n) is 5.62. The van der Waals surface area contributed by atoms with Gasteiger partial charge in [-0.15, -0.1) is 0 Å². The molecule has 1 aliphatic carbocycles. The van der Waals surface area contributed by atoms with Crippen LogP contribution in [0.15, 0.2) is 47.3 Å². The number of nitrogens with two attached hydrogens (primary N) is 1. The molecule has 2 N–H and O–H groups in total. The highest BCUT2D eigenvalue weighted by Crippen LogP contribution is 2.40. The third-order valence-corrected chi connectivity index (χ3v) is 5.62. The van der Waals surface area contributed by atoms with Crippen LogP contribution in [-0.2, 0) is 0 Å². The third kappa shape index (κ3) is 4.12. The van der Waals surface area contributed by atoms with Crippen molar-refractivity contribution in [3.05, 3.63) is 75.6 Å². The van der Waals surface area contributed by atoms with E-state index in [1.165, 1.54) is 22.6 Å². The molecule has 3 aromatic rings. The number of anilines is 1. The van der Waals surface area contributed by atoms with Gasteiger partial charge >= 0.3 is 0 Å². The molecule has 164 valence electrons. The lowest BCUT2D eigenvalue weighted by Crippen LogP contribution is -2.31. The van der Waals surface area contributed by atoms with Crippen molar-refractivity contribution in [2.24, 2.45) is 5.73 Å². The zero-order valence-corrected chi connectivity index (χ0v) is 17.7. The smallest absolute Gasteiger partial charge is 0.296 e. The largest absolute Gasteiger partial charge is 0.357 e. The van der Waals surface area contributed by atoms with E-state index in [2.05, 4.69) is 4.98 Å². The summed E-state index contributed by atoms with van der Waals surface area (Å²) in [7, 11) is 1.62. The van der Waals surface area contributed by atoms with E-state index in [-0.39, 0.29) is 22.8 Å². The quantitative estimate of drug-likeness (QED) is 0.611. The molecule has 0 amide bonds. The normalized spacial score (nSPS) is 13.1. The number of nitriles is 1. The Morgan fingerprint density at radius 3 is 2.53 bits per heavy atom. The van der Waals surface area contributed by atoms with E-state index in [9.17, 15) is 9.18 Å². The minimum atomic E-state index is -0.992. The molecule has 0 saturated heterocycles. The van der Waals surface area contributed by atoms with Crippen LogP contribution in [0.25, 0.3) is 17.1 Å². The maximum Gasteiger partial charge on any atom is 0.296 e. The van der Waals surface area contributed by atoms with E-state index >= 15 is 4.39 Å². The highest BCUT2D eigenvalue weighted by Gasteiger charge is 2.25. The molecule has 0 spiro atoms. The topological polar surface area (TPSA) is 87.9 Å². The highest BCUT2D eigenvalue weighted by atomic mass is 19.1. The van der Waals surface area contributed by atoms with Crippen molar-refractivity contribution >= 4 is 5.82 Å². The summed E-state index contributed by atoms with van der Waals surface area (Å²) < 4.78 is 30.7. The molecule has 6 nitrogen and oxygen atoms in total. The Morgan fingerprint density at radius 1 is 1.22 bits per heavy atom. The standard InChI is InChI=1S/C24H23F2N5O/c1-30(12-2-11-27)23-21(26)24(32)31(19-9-7-16(8-10-19)15-3-4-15)22(29-23)17-5-6-18(14-28)20(25)13-17/h5-10,13,15H,2-4,11-12,27H2,1H3. The van der Waals surface area contributed by atoms with Gasteiger partial charge in [0.25, 0.3) is 5.56 Å². The summed E-state index contributed by atoms with van der Waals surface area (Å²) in [6.07, 6.45) is 2.86. The van der Waals surface area contributed by atoms with Gasteiger partial charge in [0.05, 0.1) is 11.3 Å². The average Bonchev–Trinajstić information content (AvgIpc) is 3.64. The zero-order chi connectivity index (χ0) is 22.8. The molecular formula is C24H23F2N5O. The number of hydrogen-bond donors (Lipinski definition) is 1. The van der Waals surface area contributed by atoms with Crippen LogP contribution in [0.5, 0.6) is 0 Å². The molecule has 0 bridgehead atoms. The van der Waals surface area contributed by atoms with Crippen LogP contribution in [0.2, 0.25) is 0 Å². The van der Waals surface area contributed by atoms with Crippen LogP contribution in [0.1, 0.15) is 36.3 Å². The van der Waals surface area contributed by atoms with Crippen molar-refractivity contribution in [1.29, 1.82) is 5.26 Å². The van der Waals surface area contributed by atoms with Gasteiger partial charge in [0.15, 0.2) is 5.82 Å². The molecule has 8 heteroatoms. The molecule has 2 aromatic carbocycles. The van der Waals surface area contributed by atoms with Gasteiger partial charge in [-0.3, -0.25) is 9.36 Å². The zero-order valence-electron chi connectivity index (χ0n) is 17.7. The van der Waals surface area contributed by atoms with E-state index in [1.54, 1.807) is 25.2 Å². The lowest BCUT2D eigenvalue weighted by Gasteiger charge is -2.21. The predicted octanol–water partition coefficient (Wildman–Crippen LogP) is 3.71. The Hall–Kier alpha value is -3.57. The first kappa shape index (κ1) is 21.7. The van der Waals surface area contributed by atoms with Gasteiger partial charge in [0.1, 0.15) is 17.7 Å². The second-order valence-corrected chi connectivity index (χ2v) is 7.95. The fraction of sp³-hybridized carbons (Fsp3) is 0.292. The Kier molecular flexibility index (Phi) is 6.01. The molecule has 1 fully saturated rings. The minimum Gasteiger partial charge on any atom is -0.357 e.